The molecule has 0 saturated heterocycles. The molecule has 2 aromatic rings. The molecule has 2 rings (SSSR count). The van der Waals surface area contributed by atoms with E-state index in [1.165, 1.54) is 0 Å². The third kappa shape index (κ3) is 5.15. The van der Waals surface area contributed by atoms with Crippen LogP contribution in [-0.4, -0.2) is 26.7 Å². The fraction of sp³-hybridized carbons (Fsp3) is 0.263. The zero-order valence-corrected chi connectivity index (χ0v) is 14.7. The van der Waals surface area contributed by atoms with Crippen molar-refractivity contribution >= 4 is 11.6 Å². The van der Waals surface area contributed by atoms with Gasteiger partial charge in [0.2, 0.25) is 0 Å². The van der Waals surface area contributed by atoms with Gasteiger partial charge in [-0.05, 0) is 36.8 Å². The summed E-state index contributed by atoms with van der Waals surface area (Å²) in [5, 5.41) is 15.4. The molecule has 0 amide bonds. The Morgan fingerprint density at radius 1 is 1.20 bits per heavy atom. The molecule has 0 aliphatic carbocycles. The number of benzene rings is 2. The predicted molar refractivity (Wildman–Crippen MR) is 99.1 cm³/mol. The number of aliphatic imine (C=N–C) groups is 1. The Balaban J connectivity index is 2.04. The Labute approximate surface area is 148 Å². The van der Waals surface area contributed by atoms with Crippen LogP contribution < -0.4 is 20.1 Å². The molecule has 0 saturated carbocycles. The van der Waals surface area contributed by atoms with Crippen LogP contribution in [0.3, 0.4) is 0 Å². The van der Waals surface area contributed by atoms with Gasteiger partial charge in [0, 0.05) is 25.3 Å². The van der Waals surface area contributed by atoms with Crippen molar-refractivity contribution in [1.82, 2.24) is 5.32 Å². The first-order valence-corrected chi connectivity index (χ1v) is 7.97. The highest BCUT2D eigenvalue weighted by molar-refractivity contribution is 5.93. The molecular weight excluding hydrogens is 316 g/mol. The van der Waals surface area contributed by atoms with E-state index >= 15 is 0 Å². The molecule has 2 N–H and O–H groups in total. The fourth-order valence-electron chi connectivity index (χ4n) is 2.28. The summed E-state index contributed by atoms with van der Waals surface area (Å²) in [6.07, 6.45) is 0. The molecule has 0 heterocycles. The predicted octanol–water partition coefficient (Wildman–Crippen LogP) is 3.15. The van der Waals surface area contributed by atoms with Gasteiger partial charge >= 0.3 is 0 Å². The van der Waals surface area contributed by atoms with Crippen LogP contribution in [0.1, 0.15) is 18.1 Å². The first-order valence-electron chi connectivity index (χ1n) is 7.97. The van der Waals surface area contributed by atoms with Crippen molar-refractivity contribution in [3.8, 4) is 17.6 Å². The SMILES string of the molecule is CCOc1cc(NC(=NC)NCc2cccc(C#N)c2)ccc1OC. The summed E-state index contributed by atoms with van der Waals surface area (Å²) in [5.41, 5.74) is 2.48. The van der Waals surface area contributed by atoms with Crippen LogP contribution in [-0.2, 0) is 6.54 Å². The minimum atomic E-state index is 0.558. The van der Waals surface area contributed by atoms with Crippen molar-refractivity contribution < 1.29 is 9.47 Å². The number of nitriles is 1. The van der Waals surface area contributed by atoms with Crippen molar-refractivity contribution in [2.75, 3.05) is 26.1 Å². The maximum absolute atomic E-state index is 8.96. The summed E-state index contributed by atoms with van der Waals surface area (Å²) in [4.78, 5) is 4.22. The van der Waals surface area contributed by atoms with Crippen molar-refractivity contribution in [3.05, 3.63) is 53.6 Å². The molecule has 0 aliphatic rings. The van der Waals surface area contributed by atoms with Crippen molar-refractivity contribution in [2.24, 2.45) is 4.99 Å². The Morgan fingerprint density at radius 3 is 2.72 bits per heavy atom. The third-order valence-corrected chi connectivity index (χ3v) is 3.47. The van der Waals surface area contributed by atoms with Crippen molar-refractivity contribution in [3.63, 3.8) is 0 Å². The van der Waals surface area contributed by atoms with Gasteiger partial charge in [-0.2, -0.15) is 5.26 Å². The normalized spacial score (nSPS) is 10.7. The van der Waals surface area contributed by atoms with Crippen LogP contribution in [0, 0.1) is 11.3 Å². The second-order valence-corrected chi connectivity index (χ2v) is 5.16. The number of hydrogen-bond acceptors (Lipinski definition) is 4. The van der Waals surface area contributed by atoms with Crippen LogP contribution in [0.4, 0.5) is 5.69 Å². The largest absolute Gasteiger partial charge is 0.493 e. The van der Waals surface area contributed by atoms with E-state index in [9.17, 15) is 0 Å². The van der Waals surface area contributed by atoms with E-state index in [-0.39, 0.29) is 0 Å². The fourth-order valence-corrected chi connectivity index (χ4v) is 2.28. The van der Waals surface area contributed by atoms with E-state index < -0.39 is 0 Å². The summed E-state index contributed by atoms with van der Waals surface area (Å²) < 4.78 is 10.9. The molecule has 6 nitrogen and oxygen atoms in total. The lowest BCUT2D eigenvalue weighted by atomic mass is 10.1. The first kappa shape index (κ1) is 18.1. The van der Waals surface area contributed by atoms with Gasteiger partial charge in [-0.1, -0.05) is 12.1 Å². The number of methoxy groups -OCH3 is 1. The Bertz CT molecular complexity index is 781. The lowest BCUT2D eigenvalue weighted by molar-refractivity contribution is 0.311. The monoisotopic (exact) mass is 338 g/mol. The van der Waals surface area contributed by atoms with Crippen LogP contribution in [0.25, 0.3) is 0 Å². The molecule has 25 heavy (non-hydrogen) atoms. The van der Waals surface area contributed by atoms with Crippen LogP contribution in [0.15, 0.2) is 47.5 Å². The highest BCUT2D eigenvalue weighted by atomic mass is 16.5. The topological polar surface area (TPSA) is 78.7 Å². The van der Waals surface area contributed by atoms with E-state index in [0.29, 0.717) is 36.2 Å². The van der Waals surface area contributed by atoms with Crippen LogP contribution in [0.2, 0.25) is 0 Å². The van der Waals surface area contributed by atoms with E-state index in [4.69, 9.17) is 14.7 Å². The van der Waals surface area contributed by atoms with E-state index in [1.54, 1.807) is 20.2 Å². The molecule has 0 spiro atoms. The minimum absolute atomic E-state index is 0.558. The molecule has 2 aromatic carbocycles. The smallest absolute Gasteiger partial charge is 0.195 e. The molecule has 0 radical (unpaired) electrons. The molecule has 0 unspecified atom stereocenters. The summed E-state index contributed by atoms with van der Waals surface area (Å²) in [6.45, 7) is 3.04. The van der Waals surface area contributed by atoms with E-state index in [1.807, 2.05) is 43.3 Å². The number of guanidine groups is 1. The summed E-state index contributed by atoms with van der Waals surface area (Å²) >= 11 is 0. The molecule has 0 atom stereocenters. The van der Waals surface area contributed by atoms with Gasteiger partial charge in [-0.25, -0.2) is 0 Å². The second-order valence-electron chi connectivity index (χ2n) is 5.16. The molecule has 0 aliphatic heterocycles. The summed E-state index contributed by atoms with van der Waals surface area (Å²) in [5.74, 6) is 1.98. The molecule has 0 fully saturated rings. The van der Waals surface area contributed by atoms with Gasteiger partial charge in [-0.15, -0.1) is 0 Å². The van der Waals surface area contributed by atoms with Crippen LogP contribution in [0.5, 0.6) is 11.5 Å². The van der Waals surface area contributed by atoms with Gasteiger partial charge in [0.25, 0.3) is 0 Å². The highest BCUT2D eigenvalue weighted by Gasteiger charge is 2.07. The lowest BCUT2D eigenvalue weighted by Crippen LogP contribution is -2.30. The van der Waals surface area contributed by atoms with E-state index in [0.717, 1.165) is 11.3 Å². The van der Waals surface area contributed by atoms with Gasteiger partial charge in [0.1, 0.15) is 0 Å². The maximum Gasteiger partial charge on any atom is 0.195 e. The average molecular weight is 338 g/mol. The van der Waals surface area contributed by atoms with Gasteiger partial charge < -0.3 is 20.1 Å². The number of nitrogens with zero attached hydrogens (tertiary/aromatic N) is 2. The summed E-state index contributed by atoms with van der Waals surface area (Å²) in [6, 6.07) is 15.2. The standard InChI is InChI=1S/C19H22N4O2/c1-4-25-18-11-16(8-9-17(18)24-3)23-19(21-2)22-13-15-7-5-6-14(10-15)12-20/h5-11H,4,13H2,1-3H3,(H2,21,22,23). The number of rotatable bonds is 6. The molecule has 6 heteroatoms. The number of anilines is 1. The lowest BCUT2D eigenvalue weighted by Gasteiger charge is -2.14. The minimum Gasteiger partial charge on any atom is -0.493 e. The van der Waals surface area contributed by atoms with Gasteiger partial charge in [0.05, 0.1) is 25.3 Å². The molecular formula is C19H22N4O2. The molecule has 0 aromatic heterocycles. The van der Waals surface area contributed by atoms with Crippen molar-refractivity contribution in [1.29, 1.82) is 5.26 Å². The first-order chi connectivity index (χ1) is 12.2. The molecule has 130 valence electrons. The average Bonchev–Trinajstić information content (AvgIpc) is 2.65. The molecule has 0 bridgehead atoms. The number of nitrogens with one attached hydrogen (secondary N) is 2. The summed E-state index contributed by atoms with van der Waals surface area (Å²) in [7, 11) is 3.31. The third-order valence-electron chi connectivity index (χ3n) is 3.47. The highest BCUT2D eigenvalue weighted by Crippen LogP contribution is 2.30. The quantitative estimate of drug-likeness (QED) is 0.625. The van der Waals surface area contributed by atoms with Gasteiger partial charge in [-0.3, -0.25) is 4.99 Å². The number of hydrogen-bond donors (Lipinski definition) is 2. The van der Waals surface area contributed by atoms with Crippen LogP contribution >= 0.6 is 0 Å². The Kier molecular flexibility index (Phi) is 6.66. The Hall–Kier alpha value is -3.20. The maximum atomic E-state index is 8.96. The number of ether oxygens (including phenoxy) is 2. The zero-order valence-electron chi connectivity index (χ0n) is 14.7. The second kappa shape index (κ2) is 9.18. The van der Waals surface area contributed by atoms with Crippen molar-refractivity contribution in [2.45, 2.75) is 13.5 Å². The van der Waals surface area contributed by atoms with Gasteiger partial charge in [0.15, 0.2) is 17.5 Å². The van der Waals surface area contributed by atoms with E-state index in [2.05, 4.69) is 21.7 Å². The zero-order chi connectivity index (χ0) is 18.1. The Morgan fingerprint density at radius 2 is 2.04 bits per heavy atom.